The van der Waals surface area contributed by atoms with Crippen LogP contribution in [0, 0.1) is 17.2 Å². The van der Waals surface area contributed by atoms with Gasteiger partial charge in [0.25, 0.3) is 5.91 Å². The highest BCUT2D eigenvalue weighted by Crippen LogP contribution is 2.53. The SMILES string of the molecule is O=C(c1ccc(-c2cnc(OCC3CCN(CC4(C(F)(F)F)CCC4)CC3)nc2)cc1F)N1CCCC(O)C1. The second-order valence-corrected chi connectivity index (χ2v) is 11.2. The Morgan fingerprint density at radius 3 is 2.36 bits per heavy atom. The van der Waals surface area contributed by atoms with Crippen molar-refractivity contribution in [2.45, 2.75) is 57.2 Å². The van der Waals surface area contributed by atoms with Gasteiger partial charge in [-0.05, 0) is 75.2 Å². The zero-order valence-electron chi connectivity index (χ0n) is 21.8. The van der Waals surface area contributed by atoms with Gasteiger partial charge < -0.3 is 19.6 Å². The molecule has 1 N–H and O–H groups in total. The molecule has 3 aliphatic rings. The largest absolute Gasteiger partial charge is 0.463 e. The Labute approximate surface area is 225 Å². The van der Waals surface area contributed by atoms with Crippen molar-refractivity contribution in [2.24, 2.45) is 11.3 Å². The van der Waals surface area contributed by atoms with E-state index in [0.717, 1.165) is 12.8 Å². The molecule has 1 unspecified atom stereocenters. The lowest BCUT2D eigenvalue weighted by atomic mass is 9.67. The fraction of sp³-hybridized carbons (Fsp3) is 0.607. The van der Waals surface area contributed by atoms with Gasteiger partial charge in [-0.25, -0.2) is 14.4 Å². The van der Waals surface area contributed by atoms with E-state index in [1.165, 1.54) is 29.4 Å². The maximum atomic E-state index is 14.8. The number of amides is 1. The number of aliphatic hydroxyl groups is 1. The monoisotopic (exact) mass is 550 g/mol. The van der Waals surface area contributed by atoms with Crippen LogP contribution in [-0.2, 0) is 0 Å². The Balaban J connectivity index is 1.11. The molecule has 3 fully saturated rings. The minimum atomic E-state index is -4.14. The first-order valence-electron chi connectivity index (χ1n) is 13.6. The molecule has 2 aliphatic heterocycles. The van der Waals surface area contributed by atoms with Crippen LogP contribution in [0.5, 0.6) is 6.01 Å². The second-order valence-electron chi connectivity index (χ2n) is 11.2. The highest BCUT2D eigenvalue weighted by molar-refractivity contribution is 5.95. The van der Waals surface area contributed by atoms with Crippen LogP contribution in [0.3, 0.4) is 0 Å². The lowest BCUT2D eigenvalue weighted by Crippen LogP contribution is -2.53. The van der Waals surface area contributed by atoms with E-state index < -0.39 is 29.4 Å². The molecule has 3 heterocycles. The van der Waals surface area contributed by atoms with Crippen LogP contribution in [0.1, 0.15) is 55.3 Å². The molecular weight excluding hydrogens is 516 g/mol. The van der Waals surface area contributed by atoms with Crippen LogP contribution in [0.25, 0.3) is 11.1 Å². The van der Waals surface area contributed by atoms with E-state index in [1.807, 2.05) is 4.90 Å². The van der Waals surface area contributed by atoms with Crippen LogP contribution in [-0.4, -0.2) is 82.4 Å². The fourth-order valence-electron chi connectivity index (χ4n) is 5.78. The molecule has 2 aromatic rings. The maximum absolute atomic E-state index is 14.8. The van der Waals surface area contributed by atoms with Gasteiger partial charge in [-0.2, -0.15) is 13.2 Å². The molecule has 1 atom stereocenters. The molecule has 11 heteroatoms. The normalized spacial score (nSPS) is 22.4. The molecule has 1 saturated carbocycles. The van der Waals surface area contributed by atoms with Crippen molar-refractivity contribution in [1.29, 1.82) is 0 Å². The first kappa shape index (κ1) is 27.8. The van der Waals surface area contributed by atoms with E-state index in [9.17, 15) is 27.5 Å². The predicted octanol–water partition coefficient (Wildman–Crippen LogP) is 4.70. The van der Waals surface area contributed by atoms with Crippen molar-refractivity contribution in [3.05, 3.63) is 42.0 Å². The van der Waals surface area contributed by atoms with Crippen LogP contribution < -0.4 is 4.74 Å². The molecule has 0 spiro atoms. The third-order valence-corrected chi connectivity index (χ3v) is 8.44. The van der Waals surface area contributed by atoms with Crippen molar-refractivity contribution in [3.8, 4) is 17.1 Å². The van der Waals surface area contributed by atoms with E-state index >= 15 is 0 Å². The number of rotatable bonds is 7. The van der Waals surface area contributed by atoms with Gasteiger partial charge in [0.1, 0.15) is 5.82 Å². The molecule has 2 saturated heterocycles. The number of nitrogens with zero attached hydrogens (tertiary/aromatic N) is 4. The van der Waals surface area contributed by atoms with Gasteiger partial charge in [-0.1, -0.05) is 12.5 Å². The molecule has 39 heavy (non-hydrogen) atoms. The second kappa shape index (κ2) is 11.4. The number of carbonyl (C=O) groups is 1. The van der Waals surface area contributed by atoms with Crippen molar-refractivity contribution < 1.29 is 32.2 Å². The number of ether oxygens (including phenoxy) is 1. The van der Waals surface area contributed by atoms with Gasteiger partial charge in [0, 0.05) is 37.6 Å². The molecule has 0 bridgehead atoms. The smallest absolute Gasteiger partial charge is 0.395 e. The highest BCUT2D eigenvalue weighted by Gasteiger charge is 2.58. The summed E-state index contributed by atoms with van der Waals surface area (Å²) in [6.07, 6.45) is 2.25. The summed E-state index contributed by atoms with van der Waals surface area (Å²) in [5.41, 5.74) is -0.482. The van der Waals surface area contributed by atoms with Crippen molar-refractivity contribution in [2.75, 3.05) is 39.3 Å². The van der Waals surface area contributed by atoms with Gasteiger partial charge in [0.2, 0.25) is 0 Å². The summed E-state index contributed by atoms with van der Waals surface area (Å²) < 4.78 is 61.0. The van der Waals surface area contributed by atoms with Crippen molar-refractivity contribution in [1.82, 2.24) is 19.8 Å². The van der Waals surface area contributed by atoms with Crippen molar-refractivity contribution in [3.63, 3.8) is 0 Å². The van der Waals surface area contributed by atoms with Gasteiger partial charge in [0.05, 0.1) is 23.7 Å². The molecule has 5 rings (SSSR count). The number of aliphatic hydroxyl groups excluding tert-OH is 1. The quantitative estimate of drug-likeness (QED) is 0.504. The predicted molar refractivity (Wildman–Crippen MR) is 136 cm³/mol. The molecule has 1 aromatic carbocycles. The summed E-state index contributed by atoms with van der Waals surface area (Å²) in [6.45, 7) is 2.40. The summed E-state index contributed by atoms with van der Waals surface area (Å²) in [7, 11) is 0. The summed E-state index contributed by atoms with van der Waals surface area (Å²) in [5, 5.41) is 9.81. The minimum absolute atomic E-state index is 0.0407. The first-order chi connectivity index (χ1) is 18.6. The standard InChI is InChI=1S/C28H34F4N4O3/c29-24-13-20(4-5-23(24)25(38)36-10-1-3-22(37)16-36)21-14-33-26(34-15-21)39-17-19-6-11-35(12-7-19)18-27(8-2-9-27)28(30,31)32/h4-5,13-15,19,22,37H,1-3,6-12,16-18H2. The number of carbonyl (C=O) groups excluding carboxylic acids is 1. The summed E-state index contributed by atoms with van der Waals surface area (Å²) >= 11 is 0. The zero-order valence-corrected chi connectivity index (χ0v) is 21.8. The van der Waals surface area contributed by atoms with Crippen LogP contribution in [0.15, 0.2) is 30.6 Å². The van der Waals surface area contributed by atoms with E-state index in [1.54, 1.807) is 6.07 Å². The van der Waals surface area contributed by atoms with E-state index in [-0.39, 0.29) is 43.4 Å². The summed E-state index contributed by atoms with van der Waals surface area (Å²) in [6, 6.07) is 4.53. The van der Waals surface area contributed by atoms with E-state index in [2.05, 4.69) is 9.97 Å². The Morgan fingerprint density at radius 2 is 1.77 bits per heavy atom. The topological polar surface area (TPSA) is 78.8 Å². The first-order valence-corrected chi connectivity index (χ1v) is 13.6. The molecule has 1 aromatic heterocycles. The van der Waals surface area contributed by atoms with Crippen molar-refractivity contribution >= 4 is 5.91 Å². The van der Waals surface area contributed by atoms with Gasteiger partial charge in [-0.15, -0.1) is 0 Å². The molecule has 1 amide bonds. The Morgan fingerprint density at radius 1 is 1.05 bits per heavy atom. The van der Waals surface area contributed by atoms with Crippen LogP contribution in [0.2, 0.25) is 0 Å². The van der Waals surface area contributed by atoms with Gasteiger partial charge in [-0.3, -0.25) is 4.79 Å². The summed E-state index contributed by atoms with van der Waals surface area (Å²) in [4.78, 5) is 24.5. The maximum Gasteiger partial charge on any atom is 0.395 e. The minimum Gasteiger partial charge on any atom is -0.463 e. The molecule has 0 radical (unpaired) electrons. The van der Waals surface area contributed by atoms with Gasteiger partial charge >= 0.3 is 12.2 Å². The Kier molecular flexibility index (Phi) is 8.09. The number of halogens is 4. The number of hydrogen-bond donors (Lipinski definition) is 1. The number of β-amino-alcohol motifs (C(OH)–C–C–N with tert-alkyl or cyclic N) is 1. The molecule has 1 aliphatic carbocycles. The number of hydrogen-bond acceptors (Lipinski definition) is 6. The number of alkyl halides is 3. The number of likely N-dealkylation sites (tertiary alicyclic amines) is 2. The van der Waals surface area contributed by atoms with Crippen LogP contribution >= 0.6 is 0 Å². The number of piperidine rings is 2. The Bertz CT molecular complexity index is 1150. The summed E-state index contributed by atoms with van der Waals surface area (Å²) in [5.74, 6) is -0.873. The lowest BCUT2D eigenvalue weighted by molar-refractivity contribution is -0.256. The van der Waals surface area contributed by atoms with Crippen LogP contribution in [0.4, 0.5) is 17.6 Å². The fourth-order valence-corrected chi connectivity index (χ4v) is 5.78. The number of aromatic nitrogens is 2. The van der Waals surface area contributed by atoms with Gasteiger partial charge in [0.15, 0.2) is 0 Å². The Hall–Kier alpha value is -2.79. The average Bonchev–Trinajstić information content (AvgIpc) is 2.89. The van der Waals surface area contributed by atoms with E-state index in [0.29, 0.717) is 56.6 Å². The number of benzene rings is 1. The zero-order chi connectivity index (χ0) is 27.6. The molecule has 7 nitrogen and oxygen atoms in total. The third-order valence-electron chi connectivity index (χ3n) is 8.44. The van der Waals surface area contributed by atoms with E-state index in [4.69, 9.17) is 4.74 Å². The molecular formula is C28H34F4N4O3. The molecule has 212 valence electrons. The third kappa shape index (κ3) is 6.19. The lowest BCUT2D eigenvalue weighted by Gasteiger charge is -2.47. The average molecular weight is 551 g/mol. The highest BCUT2D eigenvalue weighted by atomic mass is 19.4.